The van der Waals surface area contributed by atoms with Crippen molar-refractivity contribution >= 4 is 17.4 Å². The standard InChI is InChI=1S/C15H19FN2O2/c1-10(19)13-4-3-5-14(16)15(13)18-8-6-12(7-9-18)17-11(2)20/h3-5,12H,6-9H2,1-2H3,(H,17,20). The van der Waals surface area contributed by atoms with E-state index in [9.17, 15) is 14.0 Å². The van der Waals surface area contributed by atoms with E-state index in [4.69, 9.17) is 0 Å². The fourth-order valence-electron chi connectivity index (χ4n) is 2.66. The number of carbonyl (C=O) groups is 2. The molecule has 1 aromatic rings. The van der Waals surface area contributed by atoms with Gasteiger partial charge in [0.05, 0.1) is 5.69 Å². The monoisotopic (exact) mass is 278 g/mol. The van der Waals surface area contributed by atoms with E-state index >= 15 is 0 Å². The van der Waals surface area contributed by atoms with E-state index < -0.39 is 0 Å². The second kappa shape index (κ2) is 6.03. The number of amides is 1. The molecule has 1 fully saturated rings. The van der Waals surface area contributed by atoms with Crippen molar-refractivity contribution in [2.45, 2.75) is 32.7 Å². The minimum atomic E-state index is -0.365. The van der Waals surface area contributed by atoms with Crippen molar-refractivity contribution in [3.8, 4) is 0 Å². The van der Waals surface area contributed by atoms with Crippen LogP contribution in [0, 0.1) is 5.82 Å². The number of halogens is 1. The fourth-order valence-corrected chi connectivity index (χ4v) is 2.66. The molecule has 1 aromatic carbocycles. The van der Waals surface area contributed by atoms with Crippen LogP contribution in [-0.2, 0) is 4.79 Å². The molecule has 20 heavy (non-hydrogen) atoms. The van der Waals surface area contributed by atoms with Crippen molar-refractivity contribution in [1.29, 1.82) is 0 Å². The lowest BCUT2D eigenvalue weighted by molar-refractivity contribution is -0.119. The highest BCUT2D eigenvalue weighted by Gasteiger charge is 2.24. The van der Waals surface area contributed by atoms with E-state index in [1.165, 1.54) is 19.9 Å². The SMILES string of the molecule is CC(=O)NC1CCN(c2c(F)cccc2C(C)=O)CC1. The number of para-hydroxylation sites is 1. The third-order valence-electron chi connectivity index (χ3n) is 3.58. The van der Waals surface area contributed by atoms with Crippen molar-refractivity contribution in [1.82, 2.24) is 5.32 Å². The zero-order chi connectivity index (χ0) is 14.7. The van der Waals surface area contributed by atoms with Crippen LogP contribution in [0.4, 0.5) is 10.1 Å². The predicted octanol–water partition coefficient (Wildman–Crippen LogP) is 2.13. The second-order valence-corrected chi connectivity index (χ2v) is 5.15. The summed E-state index contributed by atoms with van der Waals surface area (Å²) in [6.07, 6.45) is 1.51. The van der Waals surface area contributed by atoms with Gasteiger partial charge in [-0.05, 0) is 31.9 Å². The van der Waals surface area contributed by atoms with Crippen LogP contribution in [-0.4, -0.2) is 30.8 Å². The Hall–Kier alpha value is -1.91. The molecule has 108 valence electrons. The van der Waals surface area contributed by atoms with E-state index in [2.05, 4.69) is 5.32 Å². The van der Waals surface area contributed by atoms with Gasteiger partial charge in [-0.3, -0.25) is 9.59 Å². The number of Topliss-reactive ketones (excluding diaryl/α,β-unsaturated/α-hetero) is 1. The van der Waals surface area contributed by atoms with Crippen LogP contribution >= 0.6 is 0 Å². The molecule has 0 aromatic heterocycles. The van der Waals surface area contributed by atoms with Crippen molar-refractivity contribution in [2.75, 3.05) is 18.0 Å². The Labute approximate surface area is 118 Å². The Morgan fingerprint density at radius 2 is 1.90 bits per heavy atom. The zero-order valence-corrected chi connectivity index (χ0v) is 11.8. The first-order valence-corrected chi connectivity index (χ1v) is 6.80. The molecule has 1 aliphatic heterocycles. The molecule has 0 bridgehead atoms. The summed E-state index contributed by atoms with van der Waals surface area (Å²) in [6, 6.07) is 4.72. The number of piperidine rings is 1. The maximum atomic E-state index is 14.0. The maximum absolute atomic E-state index is 14.0. The predicted molar refractivity (Wildman–Crippen MR) is 75.5 cm³/mol. The van der Waals surface area contributed by atoms with Crippen molar-refractivity contribution in [3.63, 3.8) is 0 Å². The number of ketones is 1. The van der Waals surface area contributed by atoms with Crippen LogP contribution in [0.3, 0.4) is 0 Å². The molecule has 5 heteroatoms. The largest absolute Gasteiger partial charge is 0.368 e. The molecule has 0 radical (unpaired) electrons. The van der Waals surface area contributed by atoms with Gasteiger partial charge < -0.3 is 10.2 Å². The molecule has 0 spiro atoms. The lowest BCUT2D eigenvalue weighted by atomic mass is 10.0. The average Bonchev–Trinajstić information content (AvgIpc) is 2.39. The smallest absolute Gasteiger partial charge is 0.217 e. The van der Waals surface area contributed by atoms with Crippen molar-refractivity contribution < 1.29 is 14.0 Å². The van der Waals surface area contributed by atoms with Gasteiger partial charge in [-0.25, -0.2) is 4.39 Å². The molecular formula is C15H19FN2O2. The molecule has 1 N–H and O–H groups in total. The molecule has 0 aliphatic carbocycles. The van der Waals surface area contributed by atoms with Crippen molar-refractivity contribution in [3.05, 3.63) is 29.6 Å². The summed E-state index contributed by atoms with van der Waals surface area (Å²) in [5, 5.41) is 2.88. The molecular weight excluding hydrogens is 259 g/mol. The van der Waals surface area contributed by atoms with Gasteiger partial charge in [0.25, 0.3) is 0 Å². The van der Waals surface area contributed by atoms with E-state index in [1.54, 1.807) is 12.1 Å². The Morgan fingerprint density at radius 3 is 2.45 bits per heavy atom. The van der Waals surface area contributed by atoms with Gasteiger partial charge in [-0.2, -0.15) is 0 Å². The van der Waals surface area contributed by atoms with Gasteiger partial charge in [0.1, 0.15) is 5.82 Å². The molecule has 1 saturated heterocycles. The first-order chi connectivity index (χ1) is 9.49. The van der Waals surface area contributed by atoms with Gasteiger partial charge in [0, 0.05) is 31.6 Å². The van der Waals surface area contributed by atoms with Gasteiger partial charge in [0.2, 0.25) is 5.91 Å². The number of nitrogens with zero attached hydrogens (tertiary/aromatic N) is 1. The van der Waals surface area contributed by atoms with Crippen LogP contribution in [0.2, 0.25) is 0 Å². The van der Waals surface area contributed by atoms with E-state index in [0.717, 1.165) is 12.8 Å². The summed E-state index contributed by atoms with van der Waals surface area (Å²) < 4.78 is 14.0. The van der Waals surface area contributed by atoms with Crippen LogP contribution < -0.4 is 10.2 Å². The third kappa shape index (κ3) is 3.15. The molecule has 0 saturated carbocycles. The van der Waals surface area contributed by atoms with Gasteiger partial charge >= 0.3 is 0 Å². The highest BCUT2D eigenvalue weighted by atomic mass is 19.1. The van der Waals surface area contributed by atoms with Crippen LogP contribution in [0.1, 0.15) is 37.0 Å². The Bertz CT molecular complexity index is 523. The second-order valence-electron chi connectivity index (χ2n) is 5.15. The quantitative estimate of drug-likeness (QED) is 0.862. The van der Waals surface area contributed by atoms with E-state index in [0.29, 0.717) is 24.3 Å². The van der Waals surface area contributed by atoms with Crippen LogP contribution in [0.5, 0.6) is 0 Å². The summed E-state index contributed by atoms with van der Waals surface area (Å²) in [7, 11) is 0. The number of hydrogen-bond donors (Lipinski definition) is 1. The first-order valence-electron chi connectivity index (χ1n) is 6.80. The lowest BCUT2D eigenvalue weighted by Gasteiger charge is -2.34. The summed E-state index contributed by atoms with van der Waals surface area (Å²) in [6.45, 7) is 4.21. The lowest BCUT2D eigenvalue weighted by Crippen LogP contribution is -2.44. The van der Waals surface area contributed by atoms with Gasteiger partial charge in [-0.15, -0.1) is 0 Å². The molecule has 0 atom stereocenters. The number of anilines is 1. The number of benzene rings is 1. The average molecular weight is 278 g/mol. The number of rotatable bonds is 3. The Morgan fingerprint density at radius 1 is 1.25 bits per heavy atom. The molecule has 1 amide bonds. The summed E-state index contributed by atoms with van der Waals surface area (Å²) in [4.78, 5) is 24.5. The van der Waals surface area contributed by atoms with Gasteiger partial charge in [0.15, 0.2) is 5.78 Å². The molecule has 1 aliphatic rings. The number of hydrogen-bond acceptors (Lipinski definition) is 3. The third-order valence-corrected chi connectivity index (χ3v) is 3.58. The minimum absolute atomic E-state index is 0.0428. The highest BCUT2D eigenvalue weighted by Crippen LogP contribution is 2.27. The number of carbonyl (C=O) groups excluding carboxylic acids is 2. The van der Waals surface area contributed by atoms with Gasteiger partial charge in [-0.1, -0.05) is 6.07 Å². The highest BCUT2D eigenvalue weighted by molar-refractivity contribution is 5.99. The topological polar surface area (TPSA) is 49.4 Å². The Kier molecular flexibility index (Phi) is 4.37. The first kappa shape index (κ1) is 14.5. The molecule has 0 unspecified atom stereocenters. The zero-order valence-electron chi connectivity index (χ0n) is 11.8. The molecule has 2 rings (SSSR count). The molecule has 1 heterocycles. The van der Waals surface area contributed by atoms with Crippen LogP contribution in [0.15, 0.2) is 18.2 Å². The summed E-state index contributed by atoms with van der Waals surface area (Å²) in [5.41, 5.74) is 0.809. The maximum Gasteiger partial charge on any atom is 0.217 e. The van der Waals surface area contributed by atoms with E-state index in [-0.39, 0.29) is 23.5 Å². The fraction of sp³-hybridized carbons (Fsp3) is 0.467. The normalized spacial score (nSPS) is 16.1. The molecule has 4 nitrogen and oxygen atoms in total. The summed E-state index contributed by atoms with van der Waals surface area (Å²) in [5.74, 6) is -0.544. The van der Waals surface area contributed by atoms with E-state index in [1.807, 2.05) is 4.90 Å². The summed E-state index contributed by atoms with van der Waals surface area (Å²) >= 11 is 0. The number of nitrogens with one attached hydrogen (secondary N) is 1. The Balaban J connectivity index is 2.14. The minimum Gasteiger partial charge on any atom is -0.368 e. The van der Waals surface area contributed by atoms with Crippen molar-refractivity contribution in [2.24, 2.45) is 0 Å². The van der Waals surface area contributed by atoms with Crippen LogP contribution in [0.25, 0.3) is 0 Å².